The van der Waals surface area contributed by atoms with Crippen molar-refractivity contribution in [2.75, 3.05) is 0 Å². The lowest BCUT2D eigenvalue weighted by Crippen LogP contribution is -2.34. The second-order valence-electron chi connectivity index (χ2n) is 5.72. The molecule has 0 spiro atoms. The first-order valence-corrected chi connectivity index (χ1v) is 6.32. The van der Waals surface area contributed by atoms with Gasteiger partial charge >= 0.3 is 6.09 Å². The van der Waals surface area contributed by atoms with E-state index in [2.05, 4.69) is 17.4 Å². The quantitative estimate of drug-likeness (QED) is 0.890. The van der Waals surface area contributed by atoms with Crippen molar-refractivity contribution in [3.63, 3.8) is 0 Å². The van der Waals surface area contributed by atoms with E-state index in [1.54, 1.807) is 0 Å². The minimum Gasteiger partial charge on any atom is -0.444 e. The maximum Gasteiger partial charge on any atom is 0.407 e. The van der Waals surface area contributed by atoms with E-state index >= 15 is 0 Å². The predicted molar refractivity (Wildman–Crippen MR) is 71.2 cm³/mol. The van der Waals surface area contributed by atoms with E-state index < -0.39 is 5.60 Å². The zero-order valence-electron chi connectivity index (χ0n) is 11.2. The minimum atomic E-state index is -0.432. The van der Waals surface area contributed by atoms with Gasteiger partial charge in [0, 0.05) is 12.0 Å². The molecule has 1 saturated carbocycles. The molecule has 0 unspecified atom stereocenters. The molecule has 1 atom stereocenters. The summed E-state index contributed by atoms with van der Waals surface area (Å²) in [6.45, 7) is 5.61. The Morgan fingerprint density at radius 1 is 1.33 bits per heavy atom. The fraction of sp³-hybridized carbons (Fsp3) is 0.467. The standard InChI is InChI=1S/C15H20NO2/c1-15(2,3)18-14(17)16-13-10-12(13)9-11-7-5-4-6-8-11/h4-8,13H,9-10H2,1-3H3,(H,16,17)/t13-/m0/s1. The summed E-state index contributed by atoms with van der Waals surface area (Å²) < 4.78 is 5.22. The number of hydrogen-bond acceptors (Lipinski definition) is 2. The van der Waals surface area contributed by atoms with Gasteiger partial charge in [0.25, 0.3) is 0 Å². The number of nitrogens with one attached hydrogen (secondary N) is 1. The second kappa shape index (κ2) is 5.01. The summed E-state index contributed by atoms with van der Waals surface area (Å²) in [5, 5.41) is 2.88. The van der Waals surface area contributed by atoms with Crippen LogP contribution in [0.25, 0.3) is 0 Å². The third-order valence-corrected chi connectivity index (χ3v) is 2.76. The Hall–Kier alpha value is -1.51. The number of hydrogen-bond donors (Lipinski definition) is 1. The first kappa shape index (κ1) is 12.9. The Bertz CT molecular complexity index is 408. The van der Waals surface area contributed by atoms with Gasteiger partial charge in [-0.2, -0.15) is 0 Å². The van der Waals surface area contributed by atoms with Crippen LogP contribution in [0.15, 0.2) is 30.3 Å². The summed E-state index contributed by atoms with van der Waals surface area (Å²) >= 11 is 0. The van der Waals surface area contributed by atoms with Gasteiger partial charge in [0.05, 0.1) is 0 Å². The molecular formula is C15H20NO2. The summed E-state index contributed by atoms with van der Waals surface area (Å²) in [4.78, 5) is 11.6. The molecule has 3 nitrogen and oxygen atoms in total. The third-order valence-electron chi connectivity index (χ3n) is 2.76. The number of carbonyl (C=O) groups is 1. The zero-order valence-corrected chi connectivity index (χ0v) is 11.2. The Balaban J connectivity index is 1.74. The normalized spacial score (nSPS) is 19.4. The molecular weight excluding hydrogens is 226 g/mol. The van der Waals surface area contributed by atoms with E-state index in [9.17, 15) is 4.79 Å². The van der Waals surface area contributed by atoms with Crippen LogP contribution in [0.2, 0.25) is 0 Å². The van der Waals surface area contributed by atoms with Crippen molar-refractivity contribution in [2.24, 2.45) is 0 Å². The fourth-order valence-electron chi connectivity index (χ4n) is 1.86. The molecule has 1 amide bonds. The number of alkyl carbamates (subject to hydrolysis) is 1. The van der Waals surface area contributed by atoms with Gasteiger partial charge in [0.2, 0.25) is 0 Å². The van der Waals surface area contributed by atoms with Crippen molar-refractivity contribution in [3.8, 4) is 0 Å². The Morgan fingerprint density at radius 3 is 2.61 bits per heavy atom. The molecule has 1 radical (unpaired) electrons. The van der Waals surface area contributed by atoms with Gasteiger partial charge in [-0.1, -0.05) is 30.3 Å². The lowest BCUT2D eigenvalue weighted by molar-refractivity contribution is 0.0524. The average Bonchev–Trinajstić information content (AvgIpc) is 2.94. The van der Waals surface area contributed by atoms with Gasteiger partial charge in [-0.25, -0.2) is 4.79 Å². The van der Waals surface area contributed by atoms with Gasteiger partial charge in [-0.15, -0.1) is 0 Å². The van der Waals surface area contributed by atoms with E-state index in [1.165, 1.54) is 11.5 Å². The van der Waals surface area contributed by atoms with Crippen LogP contribution < -0.4 is 5.32 Å². The Morgan fingerprint density at radius 2 is 2.00 bits per heavy atom. The van der Waals surface area contributed by atoms with Crippen LogP contribution >= 0.6 is 0 Å². The summed E-state index contributed by atoms with van der Waals surface area (Å²) in [7, 11) is 0. The molecule has 0 aliphatic heterocycles. The van der Waals surface area contributed by atoms with E-state index in [0.717, 1.165) is 12.8 Å². The topological polar surface area (TPSA) is 38.3 Å². The largest absolute Gasteiger partial charge is 0.444 e. The summed E-state index contributed by atoms with van der Waals surface area (Å²) in [5.41, 5.74) is 0.861. The van der Waals surface area contributed by atoms with E-state index in [4.69, 9.17) is 4.74 Å². The van der Waals surface area contributed by atoms with Gasteiger partial charge in [0.1, 0.15) is 5.60 Å². The highest BCUT2D eigenvalue weighted by Crippen LogP contribution is 2.36. The average molecular weight is 246 g/mol. The summed E-state index contributed by atoms with van der Waals surface area (Å²) in [5.74, 6) is 1.37. The Kier molecular flexibility index (Phi) is 3.60. The molecule has 0 heterocycles. The highest BCUT2D eigenvalue weighted by molar-refractivity contribution is 5.69. The summed E-state index contributed by atoms with van der Waals surface area (Å²) in [6.07, 6.45) is 1.59. The molecule has 0 saturated heterocycles. The first-order chi connectivity index (χ1) is 8.44. The molecule has 2 rings (SSSR count). The molecule has 1 aromatic rings. The van der Waals surface area contributed by atoms with Crippen LogP contribution in [0.3, 0.4) is 0 Å². The molecule has 1 aromatic carbocycles. The zero-order chi connectivity index (χ0) is 13.2. The van der Waals surface area contributed by atoms with E-state index in [-0.39, 0.29) is 12.1 Å². The van der Waals surface area contributed by atoms with Crippen LogP contribution in [-0.2, 0) is 11.2 Å². The molecule has 97 valence electrons. The molecule has 0 aromatic heterocycles. The number of benzene rings is 1. The SMILES string of the molecule is CC(C)(C)OC(=O)N[C@H]1C[C]1Cc1ccccc1. The van der Waals surface area contributed by atoms with Crippen LogP contribution in [0.4, 0.5) is 4.79 Å². The van der Waals surface area contributed by atoms with Gasteiger partial charge in [-0.3, -0.25) is 0 Å². The van der Waals surface area contributed by atoms with Crippen molar-refractivity contribution in [3.05, 3.63) is 41.8 Å². The molecule has 1 N–H and O–H groups in total. The van der Waals surface area contributed by atoms with Gasteiger partial charge < -0.3 is 10.1 Å². The van der Waals surface area contributed by atoms with Crippen molar-refractivity contribution in [1.29, 1.82) is 0 Å². The lowest BCUT2D eigenvalue weighted by Gasteiger charge is -2.19. The van der Waals surface area contributed by atoms with Crippen molar-refractivity contribution < 1.29 is 9.53 Å². The number of amides is 1. The summed E-state index contributed by atoms with van der Waals surface area (Å²) in [6, 6.07) is 10.5. The molecule has 3 heteroatoms. The molecule has 1 fully saturated rings. The molecule has 1 aliphatic rings. The van der Waals surface area contributed by atoms with Crippen LogP contribution in [0, 0.1) is 5.92 Å². The first-order valence-electron chi connectivity index (χ1n) is 6.32. The van der Waals surface area contributed by atoms with Crippen molar-refractivity contribution in [2.45, 2.75) is 45.3 Å². The monoisotopic (exact) mass is 246 g/mol. The lowest BCUT2D eigenvalue weighted by atomic mass is 10.1. The number of carbonyl (C=O) groups excluding carboxylic acids is 1. The van der Waals surface area contributed by atoms with Crippen molar-refractivity contribution in [1.82, 2.24) is 5.32 Å². The highest BCUT2D eigenvalue weighted by atomic mass is 16.6. The number of rotatable bonds is 3. The number of ether oxygens (including phenoxy) is 1. The molecule has 1 aliphatic carbocycles. The smallest absolute Gasteiger partial charge is 0.407 e. The van der Waals surface area contributed by atoms with Gasteiger partial charge in [-0.05, 0) is 39.2 Å². The van der Waals surface area contributed by atoms with E-state index in [1.807, 2.05) is 39.0 Å². The molecule has 18 heavy (non-hydrogen) atoms. The van der Waals surface area contributed by atoms with Crippen molar-refractivity contribution >= 4 is 6.09 Å². The fourth-order valence-corrected chi connectivity index (χ4v) is 1.86. The van der Waals surface area contributed by atoms with Crippen LogP contribution in [0.5, 0.6) is 0 Å². The maximum absolute atomic E-state index is 11.6. The third kappa shape index (κ3) is 4.06. The van der Waals surface area contributed by atoms with Crippen LogP contribution in [0.1, 0.15) is 32.8 Å². The Labute approximate surface area is 109 Å². The second-order valence-corrected chi connectivity index (χ2v) is 5.72. The van der Waals surface area contributed by atoms with E-state index in [0.29, 0.717) is 0 Å². The van der Waals surface area contributed by atoms with Gasteiger partial charge in [0.15, 0.2) is 0 Å². The minimum absolute atomic E-state index is 0.194. The molecule has 0 bridgehead atoms. The van der Waals surface area contributed by atoms with Crippen LogP contribution in [-0.4, -0.2) is 17.7 Å². The highest BCUT2D eigenvalue weighted by Gasteiger charge is 2.39. The predicted octanol–water partition coefficient (Wildman–Crippen LogP) is 3.10. The maximum atomic E-state index is 11.6.